The van der Waals surface area contributed by atoms with Gasteiger partial charge < -0.3 is 27.2 Å². The van der Waals surface area contributed by atoms with E-state index < -0.39 is 0 Å². The Balaban J connectivity index is 0.00000289. The minimum Gasteiger partial charge on any atom is -1.00 e. The number of pyridine rings is 1. The van der Waals surface area contributed by atoms with Crippen LogP contribution < -0.4 is 26.9 Å². The molecule has 0 aromatic carbocycles. The lowest BCUT2D eigenvalue weighted by Crippen LogP contribution is -3.00. The van der Waals surface area contributed by atoms with Crippen LogP contribution in [0.2, 0.25) is 0 Å². The highest BCUT2D eigenvalue weighted by atomic mass is 79.9. The van der Waals surface area contributed by atoms with E-state index in [1.54, 1.807) is 0 Å². The lowest BCUT2D eigenvalue weighted by atomic mass is 10.3. The Kier molecular flexibility index (Phi) is 8.58. The number of amides is 1. The number of rotatable bonds is 6. The number of halogens is 1. The Bertz CT molecular complexity index is 352. The Morgan fingerprint density at radius 3 is 2.50 bits per heavy atom. The Hall–Kier alpha value is -0.940. The minimum absolute atomic E-state index is 0. The third-order valence-corrected chi connectivity index (χ3v) is 2.54. The number of aromatic nitrogens is 1. The van der Waals surface area contributed by atoms with Crippen molar-refractivity contribution >= 4 is 5.91 Å². The van der Waals surface area contributed by atoms with Gasteiger partial charge >= 0.3 is 0 Å². The molecule has 0 saturated heterocycles. The molecule has 0 radical (unpaired) electrons. The van der Waals surface area contributed by atoms with Crippen LogP contribution in [0.3, 0.4) is 0 Å². The third kappa shape index (κ3) is 7.40. The van der Waals surface area contributed by atoms with Crippen molar-refractivity contribution < 1.29 is 26.3 Å². The van der Waals surface area contributed by atoms with Gasteiger partial charge in [-0.2, -0.15) is 0 Å². The smallest absolute Gasteiger partial charge is 0.226 e. The van der Waals surface area contributed by atoms with Crippen molar-refractivity contribution in [2.75, 3.05) is 27.2 Å². The number of carbonyl (C=O) groups excluding carboxylic acids is 1. The van der Waals surface area contributed by atoms with Crippen molar-refractivity contribution in [1.82, 2.24) is 10.2 Å². The second-order valence-electron chi connectivity index (χ2n) is 4.52. The fourth-order valence-electron chi connectivity index (χ4n) is 1.42. The van der Waals surface area contributed by atoms with Crippen molar-refractivity contribution in [3.05, 3.63) is 30.1 Å². The lowest BCUT2D eigenvalue weighted by molar-refractivity contribution is -0.695. The van der Waals surface area contributed by atoms with Crippen LogP contribution in [0.5, 0.6) is 0 Å². The first-order valence-corrected chi connectivity index (χ1v) is 5.95. The molecule has 0 saturated carbocycles. The largest absolute Gasteiger partial charge is 1.00 e. The summed E-state index contributed by atoms with van der Waals surface area (Å²) in [6.07, 6.45) is 4.53. The molecule has 0 aliphatic rings. The predicted octanol–water partition coefficient (Wildman–Crippen LogP) is -2.65. The quantitative estimate of drug-likeness (QED) is 0.582. The van der Waals surface area contributed by atoms with Gasteiger partial charge in [0.15, 0.2) is 18.9 Å². The van der Waals surface area contributed by atoms with Crippen molar-refractivity contribution in [2.24, 2.45) is 0 Å². The monoisotopic (exact) mass is 315 g/mol. The van der Waals surface area contributed by atoms with Crippen molar-refractivity contribution in [3.63, 3.8) is 0 Å². The zero-order valence-corrected chi connectivity index (χ0v) is 12.9. The molecule has 18 heavy (non-hydrogen) atoms. The van der Waals surface area contributed by atoms with E-state index in [1.807, 2.05) is 43.2 Å². The van der Waals surface area contributed by atoms with E-state index in [9.17, 15) is 4.79 Å². The van der Waals surface area contributed by atoms with Gasteiger partial charge in [0, 0.05) is 25.2 Å². The molecule has 0 bridgehead atoms. The molecule has 0 atom stereocenters. The number of nitrogens with one attached hydrogen (secondary N) is 1. The van der Waals surface area contributed by atoms with Crippen molar-refractivity contribution in [3.8, 4) is 0 Å². The standard InChI is InChI=1S/C13H21N3O.BrH/c1-12-4-8-16(9-5-12)10-6-13(17)14-7-11-15(2)3;/h4-5,8-9H,6-7,10-11H2,1-3H3;1H. The summed E-state index contributed by atoms with van der Waals surface area (Å²) in [6, 6.07) is 4.09. The van der Waals surface area contributed by atoms with Crippen LogP contribution in [0.25, 0.3) is 0 Å². The van der Waals surface area contributed by atoms with Gasteiger partial charge in [0.05, 0.1) is 6.42 Å². The zero-order chi connectivity index (χ0) is 12.7. The van der Waals surface area contributed by atoms with Crippen LogP contribution in [0.1, 0.15) is 12.0 Å². The number of hydrogen-bond acceptors (Lipinski definition) is 2. The van der Waals surface area contributed by atoms with Crippen LogP contribution in [-0.4, -0.2) is 38.0 Å². The van der Waals surface area contributed by atoms with Gasteiger partial charge in [-0.1, -0.05) is 0 Å². The number of aryl methyl sites for hydroxylation is 2. The maximum absolute atomic E-state index is 11.5. The summed E-state index contributed by atoms with van der Waals surface area (Å²) < 4.78 is 2.03. The Labute approximate surface area is 120 Å². The minimum atomic E-state index is 0. The average molecular weight is 316 g/mol. The van der Waals surface area contributed by atoms with Gasteiger partial charge in [-0.05, 0) is 26.6 Å². The predicted molar refractivity (Wildman–Crippen MR) is 67.6 cm³/mol. The van der Waals surface area contributed by atoms with E-state index >= 15 is 0 Å². The van der Waals surface area contributed by atoms with Gasteiger partial charge in [-0.3, -0.25) is 4.79 Å². The van der Waals surface area contributed by atoms with Crippen LogP contribution in [0.15, 0.2) is 24.5 Å². The number of nitrogens with zero attached hydrogens (tertiary/aromatic N) is 2. The molecular weight excluding hydrogens is 294 g/mol. The summed E-state index contributed by atoms with van der Waals surface area (Å²) >= 11 is 0. The van der Waals surface area contributed by atoms with Gasteiger partial charge in [-0.15, -0.1) is 0 Å². The van der Waals surface area contributed by atoms with E-state index in [1.165, 1.54) is 5.56 Å². The molecule has 1 aromatic rings. The summed E-state index contributed by atoms with van der Waals surface area (Å²) in [5.74, 6) is 0.111. The first-order valence-electron chi connectivity index (χ1n) is 5.95. The fraction of sp³-hybridized carbons (Fsp3) is 0.538. The Morgan fingerprint density at radius 2 is 1.94 bits per heavy atom. The molecule has 5 heteroatoms. The summed E-state index contributed by atoms with van der Waals surface area (Å²) in [5, 5.41) is 2.90. The highest BCUT2D eigenvalue weighted by molar-refractivity contribution is 5.75. The van der Waals surface area contributed by atoms with Crippen LogP contribution in [0, 0.1) is 6.92 Å². The molecular formula is C13H22BrN3O. The normalized spacial score (nSPS) is 10.0. The van der Waals surface area contributed by atoms with Crippen LogP contribution in [-0.2, 0) is 11.3 Å². The molecule has 1 N–H and O–H groups in total. The number of carbonyl (C=O) groups is 1. The zero-order valence-electron chi connectivity index (χ0n) is 11.3. The van der Waals surface area contributed by atoms with E-state index in [2.05, 4.69) is 17.1 Å². The molecule has 1 aromatic heterocycles. The molecule has 0 aliphatic carbocycles. The molecule has 0 spiro atoms. The van der Waals surface area contributed by atoms with E-state index in [0.717, 1.165) is 13.1 Å². The Morgan fingerprint density at radius 1 is 1.33 bits per heavy atom. The summed E-state index contributed by atoms with van der Waals surface area (Å²) in [6.45, 7) is 4.38. The van der Waals surface area contributed by atoms with Crippen molar-refractivity contribution in [1.29, 1.82) is 0 Å². The summed E-state index contributed by atoms with van der Waals surface area (Å²) in [4.78, 5) is 13.6. The molecule has 4 nitrogen and oxygen atoms in total. The number of likely N-dealkylation sites (N-methyl/N-ethyl adjacent to an activating group) is 1. The topological polar surface area (TPSA) is 36.2 Å². The summed E-state index contributed by atoms with van der Waals surface area (Å²) in [5.41, 5.74) is 1.23. The second kappa shape index (κ2) is 9.05. The average Bonchev–Trinajstić information content (AvgIpc) is 2.28. The molecule has 0 unspecified atom stereocenters. The molecule has 0 aliphatic heterocycles. The maximum Gasteiger partial charge on any atom is 0.226 e. The first kappa shape index (κ1) is 17.1. The first-order chi connectivity index (χ1) is 8.08. The molecule has 1 rings (SSSR count). The van der Waals surface area contributed by atoms with E-state index in [-0.39, 0.29) is 22.9 Å². The van der Waals surface area contributed by atoms with Crippen LogP contribution >= 0.6 is 0 Å². The summed E-state index contributed by atoms with van der Waals surface area (Å²) in [7, 11) is 3.99. The van der Waals surface area contributed by atoms with Gasteiger partial charge in [0.25, 0.3) is 0 Å². The number of hydrogen-bond donors (Lipinski definition) is 1. The molecule has 0 fully saturated rings. The lowest BCUT2D eigenvalue weighted by Gasteiger charge is -2.09. The highest BCUT2D eigenvalue weighted by Gasteiger charge is 2.05. The van der Waals surface area contributed by atoms with Gasteiger partial charge in [0.2, 0.25) is 5.91 Å². The van der Waals surface area contributed by atoms with Crippen LogP contribution in [0.4, 0.5) is 0 Å². The fourth-order valence-corrected chi connectivity index (χ4v) is 1.42. The van der Waals surface area contributed by atoms with Crippen molar-refractivity contribution in [2.45, 2.75) is 19.9 Å². The van der Waals surface area contributed by atoms with E-state index in [4.69, 9.17) is 0 Å². The highest BCUT2D eigenvalue weighted by Crippen LogP contribution is 1.90. The van der Waals surface area contributed by atoms with E-state index in [0.29, 0.717) is 13.0 Å². The molecule has 1 heterocycles. The third-order valence-electron chi connectivity index (χ3n) is 2.54. The SMILES string of the molecule is Cc1cc[n+](CCC(=O)NCCN(C)C)cc1.[Br-]. The molecule has 102 valence electrons. The van der Waals surface area contributed by atoms with Gasteiger partial charge in [-0.25, -0.2) is 4.57 Å². The second-order valence-corrected chi connectivity index (χ2v) is 4.52. The molecule has 1 amide bonds. The van der Waals surface area contributed by atoms with Gasteiger partial charge in [0.1, 0.15) is 0 Å². The maximum atomic E-state index is 11.5.